The molecule has 12 heteroatoms. The average molecular weight is 566 g/mol. The highest BCUT2D eigenvalue weighted by Crippen LogP contribution is 2.47. The van der Waals surface area contributed by atoms with Gasteiger partial charge in [0.25, 0.3) is 0 Å². The second kappa shape index (κ2) is 9.72. The molecular formula is C29H26F3N5O4. The molecule has 7 rings (SSSR count). The number of pyridine rings is 1. The van der Waals surface area contributed by atoms with Gasteiger partial charge in [0.2, 0.25) is 5.95 Å². The van der Waals surface area contributed by atoms with E-state index in [1.165, 1.54) is 24.5 Å². The number of carboxylic acids is 1. The number of halogens is 3. The first-order valence-corrected chi connectivity index (χ1v) is 13.5. The number of alkyl halides is 2. The molecule has 2 N–H and O–H groups in total. The molecule has 2 bridgehead atoms. The molecular weight excluding hydrogens is 539 g/mol. The Balaban J connectivity index is 1.22. The second-order valence-electron chi connectivity index (χ2n) is 11.0. The number of carbonyl (C=O) groups is 1. The number of aliphatic carboxylic acids is 1. The number of fused-ring (bicyclic) bond motifs is 5. The zero-order valence-electron chi connectivity index (χ0n) is 21.7. The minimum absolute atomic E-state index is 0.00893. The van der Waals surface area contributed by atoms with Crippen molar-refractivity contribution in [1.29, 1.82) is 0 Å². The van der Waals surface area contributed by atoms with Gasteiger partial charge in [-0.1, -0.05) is 18.2 Å². The molecule has 2 aliphatic carbocycles. The van der Waals surface area contributed by atoms with Gasteiger partial charge in [0.05, 0.1) is 23.4 Å². The van der Waals surface area contributed by atoms with Crippen LogP contribution in [0, 0.1) is 23.6 Å². The van der Waals surface area contributed by atoms with Crippen LogP contribution in [-0.2, 0) is 4.79 Å². The summed E-state index contributed by atoms with van der Waals surface area (Å²) in [5.74, 6) is -1.55. The molecule has 0 radical (unpaired) electrons. The number of ether oxygens (including phenoxy) is 1. The molecule has 5 atom stereocenters. The molecule has 1 saturated carbocycles. The smallest absolute Gasteiger partial charge is 0.387 e. The number of rotatable bonds is 6. The minimum Gasteiger partial charge on any atom is -0.481 e. The molecule has 1 aliphatic heterocycles. The maximum Gasteiger partial charge on any atom is 0.387 e. The molecule has 1 saturated heterocycles. The van der Waals surface area contributed by atoms with Crippen molar-refractivity contribution in [2.75, 3.05) is 18.0 Å². The Bertz CT molecular complexity index is 1630. The van der Waals surface area contributed by atoms with E-state index in [0.717, 1.165) is 12.8 Å². The van der Waals surface area contributed by atoms with Crippen molar-refractivity contribution in [2.24, 2.45) is 17.8 Å². The first-order chi connectivity index (χ1) is 19.8. The zero-order chi connectivity index (χ0) is 28.4. The third-order valence-corrected chi connectivity index (χ3v) is 8.74. The summed E-state index contributed by atoms with van der Waals surface area (Å²) in [5.41, 5.74) is 2.34. The van der Waals surface area contributed by atoms with Crippen LogP contribution in [0.1, 0.15) is 48.2 Å². The maximum atomic E-state index is 15.3. The van der Waals surface area contributed by atoms with E-state index in [2.05, 4.69) is 15.0 Å². The van der Waals surface area contributed by atoms with Crippen LogP contribution in [-0.4, -0.2) is 55.2 Å². The number of benzene rings is 1. The molecule has 1 aromatic carbocycles. The second-order valence-corrected chi connectivity index (χ2v) is 11.0. The van der Waals surface area contributed by atoms with E-state index >= 15 is 4.39 Å². The van der Waals surface area contributed by atoms with E-state index in [1.54, 1.807) is 28.8 Å². The van der Waals surface area contributed by atoms with Crippen molar-refractivity contribution in [3.05, 3.63) is 71.7 Å². The lowest BCUT2D eigenvalue weighted by Crippen LogP contribution is -2.45. The summed E-state index contributed by atoms with van der Waals surface area (Å²) >= 11 is 0. The number of aromatic nitrogens is 4. The average Bonchev–Trinajstić information content (AvgIpc) is 3.56. The predicted molar refractivity (Wildman–Crippen MR) is 140 cm³/mol. The zero-order valence-corrected chi connectivity index (χ0v) is 21.7. The van der Waals surface area contributed by atoms with E-state index in [9.17, 15) is 23.8 Å². The predicted octanol–water partition coefficient (Wildman–Crippen LogP) is 4.65. The molecule has 212 valence electrons. The van der Waals surface area contributed by atoms with E-state index in [4.69, 9.17) is 4.74 Å². The highest BCUT2D eigenvalue weighted by Gasteiger charge is 2.46. The molecule has 4 heterocycles. The number of carboxylic acid groups (broad SMARTS) is 1. The van der Waals surface area contributed by atoms with Gasteiger partial charge in [-0.2, -0.15) is 8.78 Å². The summed E-state index contributed by atoms with van der Waals surface area (Å²) in [6, 6.07) is 7.70. The molecule has 2 fully saturated rings. The van der Waals surface area contributed by atoms with Gasteiger partial charge in [-0.15, -0.1) is 0 Å². The fraction of sp³-hybridized carbons (Fsp3) is 0.379. The van der Waals surface area contributed by atoms with Gasteiger partial charge in [0.15, 0.2) is 0 Å². The molecule has 3 aromatic heterocycles. The standard InChI is InChI=1S/C29H26F3N5O4/c30-20-8-23-35-25-21(38)7-18(17-3-1-2-4-22(17)41-28(31)32)26(25)37(23)13-19(20)16-9-33-29(34-10-16)36-11-14-5-6-15(12-36)24(14)27(39)40/h1-4,8-10,13-15,18,21,24,28,38H,5-7,11-12H2,(H,39,40)/t14-,15+,18-,21-,24-/m1/s1. The molecule has 41 heavy (non-hydrogen) atoms. The highest BCUT2D eigenvalue weighted by atomic mass is 19.3. The summed E-state index contributed by atoms with van der Waals surface area (Å²) in [7, 11) is 0. The number of aliphatic hydroxyl groups is 1. The summed E-state index contributed by atoms with van der Waals surface area (Å²) in [4.78, 5) is 27.1. The molecule has 0 spiro atoms. The van der Waals surface area contributed by atoms with Gasteiger partial charge in [0, 0.05) is 60.4 Å². The number of hydrogen-bond donors (Lipinski definition) is 2. The number of hydrogen-bond acceptors (Lipinski definition) is 7. The van der Waals surface area contributed by atoms with Crippen LogP contribution in [0.4, 0.5) is 19.1 Å². The molecule has 0 unspecified atom stereocenters. The largest absolute Gasteiger partial charge is 0.481 e. The summed E-state index contributed by atoms with van der Waals surface area (Å²) in [5, 5.41) is 20.4. The van der Waals surface area contributed by atoms with E-state index < -0.39 is 30.4 Å². The summed E-state index contributed by atoms with van der Waals surface area (Å²) < 4.78 is 48.0. The molecule has 0 amide bonds. The van der Waals surface area contributed by atoms with Crippen LogP contribution in [0.5, 0.6) is 5.75 Å². The Morgan fingerprint density at radius 1 is 1.10 bits per heavy atom. The van der Waals surface area contributed by atoms with E-state index in [1.807, 2.05) is 4.90 Å². The van der Waals surface area contributed by atoms with Crippen molar-refractivity contribution < 1.29 is 32.9 Å². The monoisotopic (exact) mass is 565 g/mol. The van der Waals surface area contributed by atoms with Crippen LogP contribution in [0.2, 0.25) is 0 Å². The lowest BCUT2D eigenvalue weighted by atomic mass is 9.85. The third-order valence-electron chi connectivity index (χ3n) is 8.74. The fourth-order valence-corrected chi connectivity index (χ4v) is 7.01. The van der Waals surface area contributed by atoms with Gasteiger partial charge in [-0.25, -0.2) is 19.3 Å². The number of aliphatic hydroxyl groups excluding tert-OH is 1. The van der Waals surface area contributed by atoms with Crippen LogP contribution in [0.3, 0.4) is 0 Å². The molecule has 9 nitrogen and oxygen atoms in total. The third kappa shape index (κ3) is 4.28. The Kier molecular flexibility index (Phi) is 6.11. The first kappa shape index (κ1) is 25.8. The number of nitrogens with zero attached hydrogens (tertiary/aromatic N) is 5. The van der Waals surface area contributed by atoms with E-state index in [-0.39, 0.29) is 41.1 Å². The van der Waals surface area contributed by atoms with Crippen molar-refractivity contribution >= 4 is 17.6 Å². The normalized spacial score (nSPS) is 25.2. The van der Waals surface area contributed by atoms with Gasteiger partial charge in [-0.05, 0) is 37.2 Å². The summed E-state index contributed by atoms with van der Waals surface area (Å²) in [6.45, 7) is -1.88. The quantitative estimate of drug-likeness (QED) is 0.348. The van der Waals surface area contributed by atoms with Crippen molar-refractivity contribution in [2.45, 2.75) is 37.9 Å². The lowest BCUT2D eigenvalue weighted by molar-refractivity contribution is -0.144. The first-order valence-electron chi connectivity index (χ1n) is 13.5. The number of piperidine rings is 1. The minimum atomic E-state index is -3.01. The number of anilines is 1. The van der Waals surface area contributed by atoms with Gasteiger partial charge >= 0.3 is 12.6 Å². The van der Waals surface area contributed by atoms with Crippen LogP contribution in [0.25, 0.3) is 16.8 Å². The molecule has 4 aromatic rings. The van der Waals surface area contributed by atoms with Gasteiger partial charge < -0.3 is 24.3 Å². The SMILES string of the molecule is O=C(O)[C@@H]1[C@@H]2CC[C@H]1CN(c1ncc(-c3cn4c5c(nc4cc3F)[C@H](O)C[C@@H]5c3ccccc3OC(F)F)cn1)C2. The summed E-state index contributed by atoms with van der Waals surface area (Å²) in [6.07, 6.45) is 5.63. The Labute approximate surface area is 232 Å². The van der Waals surface area contributed by atoms with Crippen LogP contribution >= 0.6 is 0 Å². The van der Waals surface area contributed by atoms with E-state index in [0.29, 0.717) is 41.6 Å². The highest BCUT2D eigenvalue weighted by molar-refractivity contribution is 5.72. The van der Waals surface area contributed by atoms with Gasteiger partial charge in [-0.3, -0.25) is 4.79 Å². The Morgan fingerprint density at radius 2 is 1.80 bits per heavy atom. The van der Waals surface area contributed by atoms with Crippen LogP contribution < -0.4 is 9.64 Å². The van der Waals surface area contributed by atoms with Gasteiger partial charge in [0.1, 0.15) is 17.2 Å². The lowest BCUT2D eigenvalue weighted by Gasteiger charge is -2.35. The molecule has 3 aliphatic rings. The van der Waals surface area contributed by atoms with Crippen molar-refractivity contribution in [1.82, 2.24) is 19.4 Å². The fourth-order valence-electron chi connectivity index (χ4n) is 7.01. The maximum absolute atomic E-state index is 15.3. The Hall–Kier alpha value is -4.19. The number of para-hydroxylation sites is 1. The topological polar surface area (TPSA) is 113 Å². The van der Waals surface area contributed by atoms with Crippen LogP contribution in [0.15, 0.2) is 48.9 Å². The van der Waals surface area contributed by atoms with Crippen molar-refractivity contribution in [3.8, 4) is 16.9 Å². The van der Waals surface area contributed by atoms with Crippen molar-refractivity contribution in [3.63, 3.8) is 0 Å². The Morgan fingerprint density at radius 3 is 2.49 bits per heavy atom. The number of imidazole rings is 1.